The van der Waals surface area contributed by atoms with Gasteiger partial charge in [-0.05, 0) is 60.5 Å². The third-order valence-electron chi connectivity index (χ3n) is 5.83. The fraction of sp³-hybridized carbons (Fsp3) is 0.160. The predicted molar refractivity (Wildman–Crippen MR) is 131 cm³/mol. The molecule has 0 radical (unpaired) electrons. The van der Waals surface area contributed by atoms with Gasteiger partial charge in [-0.2, -0.15) is 18.2 Å². The Balaban J connectivity index is 1.81. The van der Waals surface area contributed by atoms with Gasteiger partial charge in [0.2, 0.25) is 5.88 Å². The maximum atomic E-state index is 14.8. The summed E-state index contributed by atoms with van der Waals surface area (Å²) >= 11 is 3.50. The minimum absolute atomic E-state index is 0.00672. The van der Waals surface area contributed by atoms with Crippen LogP contribution in [0.2, 0.25) is 0 Å². The molecule has 1 aliphatic heterocycles. The van der Waals surface area contributed by atoms with Crippen LogP contribution in [0.3, 0.4) is 0 Å². The first kappa shape index (κ1) is 22.6. The van der Waals surface area contributed by atoms with E-state index in [1.165, 1.54) is 16.8 Å². The van der Waals surface area contributed by atoms with E-state index in [9.17, 15) is 12.8 Å². The molecule has 1 aromatic heterocycles. The van der Waals surface area contributed by atoms with E-state index in [0.29, 0.717) is 17.0 Å². The molecule has 0 amide bonds. The lowest BCUT2D eigenvalue weighted by atomic mass is 9.90. The number of ether oxygens (including phenoxy) is 1. The monoisotopic (exact) mass is 542 g/mol. The summed E-state index contributed by atoms with van der Waals surface area (Å²) in [4.78, 5) is 0. The molecule has 2 heterocycles. The molecular weight excluding hydrogens is 523 g/mol. The first-order chi connectivity index (χ1) is 16.3. The van der Waals surface area contributed by atoms with Gasteiger partial charge in [0.25, 0.3) is 0 Å². The van der Waals surface area contributed by atoms with Crippen LogP contribution >= 0.6 is 15.9 Å². The number of aromatic nitrogens is 2. The van der Waals surface area contributed by atoms with Crippen molar-refractivity contribution in [2.75, 3.05) is 12.9 Å². The summed E-state index contributed by atoms with van der Waals surface area (Å²) in [6.45, 7) is 1.94. The summed E-state index contributed by atoms with van der Waals surface area (Å²) in [5, 5.41) is 4.67. The van der Waals surface area contributed by atoms with Gasteiger partial charge in [-0.25, -0.2) is 4.39 Å². The second kappa shape index (κ2) is 8.56. The first-order valence-corrected chi connectivity index (χ1v) is 12.8. The van der Waals surface area contributed by atoms with Gasteiger partial charge in [0.15, 0.2) is 0 Å². The molecule has 4 aromatic rings. The molecule has 0 N–H and O–H groups in total. The number of benzene rings is 3. The highest BCUT2D eigenvalue weighted by molar-refractivity contribution is 9.10. The van der Waals surface area contributed by atoms with Crippen molar-refractivity contribution in [3.8, 4) is 28.6 Å². The molecule has 0 saturated carbocycles. The zero-order valence-electron chi connectivity index (χ0n) is 18.3. The van der Waals surface area contributed by atoms with Crippen molar-refractivity contribution in [1.29, 1.82) is 0 Å². The van der Waals surface area contributed by atoms with Crippen LogP contribution in [-0.2, 0) is 10.1 Å². The predicted octanol–water partition coefficient (Wildman–Crippen LogP) is 5.61. The number of rotatable bonds is 4. The van der Waals surface area contributed by atoms with Crippen molar-refractivity contribution < 1.29 is 21.7 Å². The zero-order chi connectivity index (χ0) is 24.0. The topological polar surface area (TPSA) is 70.4 Å². The maximum Gasteiger partial charge on any atom is 0.311 e. The van der Waals surface area contributed by atoms with E-state index in [0.717, 1.165) is 21.2 Å². The summed E-state index contributed by atoms with van der Waals surface area (Å²) in [6.07, 6.45) is 0. The molecule has 0 aliphatic carbocycles. The van der Waals surface area contributed by atoms with E-state index >= 15 is 0 Å². The summed E-state index contributed by atoms with van der Waals surface area (Å²) in [5.74, 6) is -0.694. The fourth-order valence-corrected chi connectivity index (χ4v) is 5.63. The molecule has 1 atom stereocenters. The Kier molecular flexibility index (Phi) is 5.69. The van der Waals surface area contributed by atoms with Crippen molar-refractivity contribution in [2.45, 2.75) is 12.8 Å². The number of hydrogen-bond donors (Lipinski definition) is 0. The molecule has 34 heavy (non-hydrogen) atoms. The number of hydrogen-bond acceptors (Lipinski definition) is 5. The summed E-state index contributed by atoms with van der Waals surface area (Å²) in [5.41, 5.74) is 3.70. The Labute approximate surface area is 205 Å². The number of halogens is 2. The number of nitrogens with zero attached hydrogens (tertiary/aromatic N) is 2. The van der Waals surface area contributed by atoms with E-state index in [2.05, 4.69) is 21.0 Å². The zero-order valence-corrected chi connectivity index (χ0v) is 20.7. The van der Waals surface area contributed by atoms with Gasteiger partial charge in [-0.15, -0.1) is 0 Å². The number of para-hydroxylation sites is 1. The lowest BCUT2D eigenvalue weighted by Gasteiger charge is -2.25. The van der Waals surface area contributed by atoms with E-state index in [1.807, 2.05) is 37.3 Å². The van der Waals surface area contributed by atoms with Crippen LogP contribution in [0.25, 0.3) is 16.9 Å². The standard InChI is InChI=1S/C25H20BrFN2O4S/c1-15-13-17(9-12-20(15)26)19-14-34(30,31)33-25-23(19)24(16-7-10-18(32-2)11-8-16)28-29(25)22-6-4-3-5-21(22)27/h3-13,19H,14H2,1-2H3. The Morgan fingerprint density at radius 3 is 2.53 bits per heavy atom. The van der Waals surface area contributed by atoms with E-state index in [1.54, 1.807) is 31.4 Å². The normalized spacial score (nSPS) is 16.5. The Hall–Kier alpha value is -3.17. The fourth-order valence-electron chi connectivity index (χ4n) is 4.15. The molecule has 5 rings (SSSR count). The van der Waals surface area contributed by atoms with Gasteiger partial charge in [0.1, 0.15) is 22.9 Å². The van der Waals surface area contributed by atoms with Gasteiger partial charge in [0.05, 0.1) is 18.4 Å². The molecule has 1 unspecified atom stereocenters. The van der Waals surface area contributed by atoms with Crippen molar-refractivity contribution in [1.82, 2.24) is 9.78 Å². The van der Waals surface area contributed by atoms with Crippen LogP contribution < -0.4 is 8.92 Å². The molecule has 3 aromatic carbocycles. The Bertz CT molecular complexity index is 1500. The third-order valence-corrected chi connectivity index (χ3v) is 7.87. The number of aryl methyl sites for hydroxylation is 1. The van der Waals surface area contributed by atoms with Crippen LogP contribution in [0.5, 0.6) is 11.6 Å². The van der Waals surface area contributed by atoms with Crippen LogP contribution in [0.1, 0.15) is 22.6 Å². The Morgan fingerprint density at radius 1 is 1.12 bits per heavy atom. The molecule has 0 saturated heterocycles. The van der Waals surface area contributed by atoms with Crippen molar-refractivity contribution in [3.63, 3.8) is 0 Å². The minimum atomic E-state index is -3.95. The van der Waals surface area contributed by atoms with Gasteiger partial charge in [-0.3, -0.25) is 0 Å². The van der Waals surface area contributed by atoms with Crippen LogP contribution in [0, 0.1) is 12.7 Å². The summed E-state index contributed by atoms with van der Waals surface area (Å²) in [6, 6.07) is 19.0. The largest absolute Gasteiger partial charge is 0.497 e. The summed E-state index contributed by atoms with van der Waals surface area (Å²) < 4.78 is 53.4. The van der Waals surface area contributed by atoms with Gasteiger partial charge in [-0.1, -0.05) is 40.2 Å². The van der Waals surface area contributed by atoms with Gasteiger partial charge >= 0.3 is 10.1 Å². The lowest BCUT2D eigenvalue weighted by Crippen LogP contribution is -2.27. The van der Waals surface area contributed by atoms with Gasteiger partial charge in [0, 0.05) is 16.0 Å². The average molecular weight is 543 g/mol. The quantitative estimate of drug-likeness (QED) is 0.313. The second-order valence-corrected chi connectivity index (χ2v) is 10.5. The van der Waals surface area contributed by atoms with Crippen molar-refractivity contribution in [2.24, 2.45) is 0 Å². The number of methoxy groups -OCH3 is 1. The maximum absolute atomic E-state index is 14.8. The molecular formula is C25H20BrFN2O4S. The van der Waals surface area contributed by atoms with Crippen LogP contribution in [0.15, 0.2) is 71.2 Å². The molecule has 1 aliphatic rings. The molecule has 0 spiro atoms. The Morgan fingerprint density at radius 2 is 1.85 bits per heavy atom. The van der Waals surface area contributed by atoms with E-state index in [4.69, 9.17) is 8.92 Å². The van der Waals surface area contributed by atoms with Crippen molar-refractivity contribution in [3.05, 3.63) is 93.7 Å². The molecule has 0 fully saturated rings. The highest BCUT2D eigenvalue weighted by Crippen LogP contribution is 2.45. The lowest BCUT2D eigenvalue weighted by molar-refractivity contribution is 0.415. The first-order valence-electron chi connectivity index (χ1n) is 10.5. The molecule has 6 nitrogen and oxygen atoms in total. The minimum Gasteiger partial charge on any atom is -0.497 e. The SMILES string of the molecule is COc1ccc(-c2nn(-c3ccccc3F)c3c2C(c2ccc(Br)c(C)c2)CS(=O)(=O)O3)cc1. The molecule has 174 valence electrons. The second-order valence-electron chi connectivity index (χ2n) is 8.03. The highest BCUT2D eigenvalue weighted by Gasteiger charge is 2.39. The van der Waals surface area contributed by atoms with Crippen LogP contribution in [-0.4, -0.2) is 31.1 Å². The van der Waals surface area contributed by atoms with E-state index in [-0.39, 0.29) is 17.3 Å². The summed E-state index contributed by atoms with van der Waals surface area (Å²) in [7, 11) is -2.38. The molecule has 9 heteroatoms. The average Bonchev–Trinajstić information content (AvgIpc) is 3.18. The van der Waals surface area contributed by atoms with Gasteiger partial charge < -0.3 is 8.92 Å². The van der Waals surface area contributed by atoms with E-state index < -0.39 is 21.9 Å². The third kappa shape index (κ3) is 3.99. The van der Waals surface area contributed by atoms with Crippen molar-refractivity contribution >= 4 is 26.0 Å². The number of fused-ring (bicyclic) bond motifs is 1. The highest BCUT2D eigenvalue weighted by atomic mass is 79.9. The smallest absolute Gasteiger partial charge is 0.311 e. The van der Waals surface area contributed by atoms with Crippen LogP contribution in [0.4, 0.5) is 4.39 Å². The molecule has 0 bridgehead atoms.